The number of fused-ring (bicyclic) bond motifs is 1. The number of hydrogen-bond acceptors (Lipinski definition) is 2. The van der Waals surface area contributed by atoms with E-state index in [1.54, 1.807) is 12.1 Å². The second kappa shape index (κ2) is 5.97. The second-order valence-electron chi connectivity index (χ2n) is 5.09. The zero-order chi connectivity index (χ0) is 15.9. The number of nitrogens with one attached hydrogen (secondary N) is 1. The number of anilines is 1. The fourth-order valence-corrected chi connectivity index (χ4v) is 3.12. The van der Waals surface area contributed by atoms with Crippen LogP contribution in [0.25, 0.3) is 0 Å². The van der Waals surface area contributed by atoms with Gasteiger partial charge in [-0.2, -0.15) is 0 Å². The van der Waals surface area contributed by atoms with Gasteiger partial charge in [-0.3, -0.25) is 4.99 Å². The smallest absolute Gasteiger partial charge is 0.135 e. The Morgan fingerprint density at radius 2 is 1.86 bits per heavy atom. The lowest BCUT2D eigenvalue weighted by Crippen LogP contribution is -2.13. The molecule has 1 aliphatic rings. The van der Waals surface area contributed by atoms with E-state index in [1.165, 1.54) is 18.2 Å². The average molecular weight is 386 g/mol. The summed E-state index contributed by atoms with van der Waals surface area (Å²) in [6, 6.07) is 7.16. The molecule has 1 N–H and O–H groups in total. The van der Waals surface area contributed by atoms with Crippen molar-refractivity contribution in [1.29, 1.82) is 0 Å². The maximum absolute atomic E-state index is 14.2. The Morgan fingerprint density at radius 3 is 2.55 bits per heavy atom. The molecule has 1 atom stereocenters. The van der Waals surface area contributed by atoms with Crippen molar-refractivity contribution in [3.05, 3.63) is 62.6 Å². The fourth-order valence-electron chi connectivity index (χ4n) is 2.43. The number of halogens is 4. The van der Waals surface area contributed by atoms with Gasteiger partial charge in [0, 0.05) is 22.3 Å². The minimum absolute atomic E-state index is 0.132. The van der Waals surface area contributed by atoms with Gasteiger partial charge in [0.1, 0.15) is 11.6 Å². The predicted octanol–water partition coefficient (Wildman–Crippen LogP) is 5.03. The molecule has 22 heavy (non-hydrogen) atoms. The van der Waals surface area contributed by atoms with Crippen LogP contribution in [0.4, 0.5) is 14.5 Å². The first-order chi connectivity index (χ1) is 10.5. The van der Waals surface area contributed by atoms with Crippen molar-refractivity contribution in [3.63, 3.8) is 0 Å². The van der Waals surface area contributed by atoms with E-state index in [0.29, 0.717) is 21.6 Å². The minimum Gasteiger partial charge on any atom is -0.382 e. The third-order valence-electron chi connectivity index (χ3n) is 3.47. The molecule has 2 aromatic rings. The predicted molar refractivity (Wildman–Crippen MR) is 89.1 cm³/mol. The van der Waals surface area contributed by atoms with Crippen LogP contribution >= 0.6 is 27.5 Å². The van der Waals surface area contributed by atoms with E-state index >= 15 is 0 Å². The highest BCUT2D eigenvalue weighted by Gasteiger charge is 2.25. The molecule has 1 aliphatic heterocycles. The molecule has 0 saturated carbocycles. The van der Waals surface area contributed by atoms with Crippen molar-refractivity contribution in [2.75, 3.05) is 11.9 Å². The monoisotopic (exact) mass is 384 g/mol. The van der Waals surface area contributed by atoms with E-state index in [2.05, 4.69) is 26.2 Å². The third kappa shape index (κ3) is 2.63. The highest BCUT2D eigenvalue weighted by molar-refractivity contribution is 9.10. The van der Waals surface area contributed by atoms with Gasteiger partial charge in [0.25, 0.3) is 0 Å². The molecule has 0 amide bonds. The zero-order valence-electron chi connectivity index (χ0n) is 11.6. The molecule has 0 radical (unpaired) electrons. The number of aliphatic imine (C=N–C) groups is 1. The molecular weight excluding hydrogens is 374 g/mol. The number of nitrogens with zero attached hydrogens (tertiary/aromatic N) is 1. The Labute approximate surface area is 140 Å². The summed E-state index contributed by atoms with van der Waals surface area (Å²) in [4.78, 5) is 4.50. The Hall–Kier alpha value is -1.46. The Morgan fingerprint density at radius 1 is 1.18 bits per heavy atom. The van der Waals surface area contributed by atoms with Crippen LogP contribution in [0.3, 0.4) is 0 Å². The van der Waals surface area contributed by atoms with Gasteiger partial charge in [-0.25, -0.2) is 8.78 Å². The summed E-state index contributed by atoms with van der Waals surface area (Å²) in [5.74, 6) is -1.30. The van der Waals surface area contributed by atoms with Gasteiger partial charge >= 0.3 is 0 Å². The Balaban J connectivity index is 2.33. The zero-order valence-corrected chi connectivity index (χ0v) is 14.0. The molecule has 1 heterocycles. The topological polar surface area (TPSA) is 24.4 Å². The summed E-state index contributed by atoms with van der Waals surface area (Å²) in [6.45, 7) is 2.45. The van der Waals surface area contributed by atoms with Crippen LogP contribution in [0.15, 0.2) is 39.8 Å². The molecule has 114 valence electrons. The van der Waals surface area contributed by atoms with Crippen LogP contribution < -0.4 is 5.32 Å². The Bertz CT molecular complexity index is 757. The van der Waals surface area contributed by atoms with Crippen LogP contribution in [0, 0.1) is 11.6 Å². The van der Waals surface area contributed by atoms with E-state index in [4.69, 9.17) is 11.6 Å². The number of rotatable bonds is 1. The number of benzene rings is 2. The maximum atomic E-state index is 14.2. The number of hydrogen-bond donors (Lipinski definition) is 1. The quantitative estimate of drug-likeness (QED) is 0.731. The molecule has 0 aliphatic carbocycles. The van der Waals surface area contributed by atoms with Crippen LogP contribution in [0.5, 0.6) is 0 Å². The lowest BCUT2D eigenvalue weighted by atomic mass is 9.99. The molecule has 0 unspecified atom stereocenters. The van der Waals surface area contributed by atoms with E-state index in [-0.39, 0.29) is 17.3 Å². The summed E-state index contributed by atoms with van der Waals surface area (Å²) in [5, 5.41) is 3.69. The van der Waals surface area contributed by atoms with Crippen molar-refractivity contribution in [1.82, 2.24) is 0 Å². The highest BCUT2D eigenvalue weighted by Crippen LogP contribution is 2.36. The van der Waals surface area contributed by atoms with Crippen LogP contribution in [0.2, 0.25) is 5.02 Å². The molecule has 0 bridgehead atoms. The first-order valence-electron chi connectivity index (χ1n) is 6.73. The molecule has 0 fully saturated rings. The van der Waals surface area contributed by atoms with Gasteiger partial charge in [-0.15, -0.1) is 0 Å². The molecule has 0 saturated heterocycles. The van der Waals surface area contributed by atoms with Crippen molar-refractivity contribution in [2.24, 2.45) is 4.99 Å². The normalized spacial score (nSPS) is 17.3. The molecule has 0 spiro atoms. The van der Waals surface area contributed by atoms with E-state index in [1.807, 2.05) is 6.92 Å². The fraction of sp³-hybridized carbons (Fsp3) is 0.188. The molecule has 0 aromatic heterocycles. The first kappa shape index (κ1) is 15.4. The van der Waals surface area contributed by atoms with Crippen LogP contribution in [-0.2, 0) is 0 Å². The minimum atomic E-state index is -0.648. The van der Waals surface area contributed by atoms with Gasteiger partial charge in [0.15, 0.2) is 0 Å². The summed E-state index contributed by atoms with van der Waals surface area (Å²) in [5.41, 5.74) is 1.43. The maximum Gasteiger partial charge on any atom is 0.135 e. The van der Waals surface area contributed by atoms with E-state index in [9.17, 15) is 8.78 Å². The molecule has 2 nitrogen and oxygen atoms in total. The lowest BCUT2D eigenvalue weighted by molar-refractivity contribution is 0.578. The molecular formula is C16H12BrClF2N2. The van der Waals surface area contributed by atoms with Gasteiger partial charge in [-0.05, 0) is 47.1 Å². The van der Waals surface area contributed by atoms with Gasteiger partial charge < -0.3 is 5.32 Å². The summed E-state index contributed by atoms with van der Waals surface area (Å²) in [7, 11) is 0. The highest BCUT2D eigenvalue weighted by atomic mass is 79.9. The van der Waals surface area contributed by atoms with Crippen molar-refractivity contribution in [3.8, 4) is 0 Å². The molecule has 6 heteroatoms. The van der Waals surface area contributed by atoms with Gasteiger partial charge in [0.05, 0.1) is 22.3 Å². The summed E-state index contributed by atoms with van der Waals surface area (Å²) >= 11 is 9.56. The SMILES string of the molecule is C[C@H]1CNc2ccc(Cl)c(Br)c2C(c2c(F)cccc2F)=N1. The third-order valence-corrected chi connectivity index (χ3v) is 4.84. The van der Waals surface area contributed by atoms with Gasteiger partial charge in [0.2, 0.25) is 0 Å². The first-order valence-corrected chi connectivity index (χ1v) is 7.90. The number of benzodiazepines with no additional fused rings is 1. The molecule has 3 rings (SSSR count). The lowest BCUT2D eigenvalue weighted by Gasteiger charge is -2.14. The van der Waals surface area contributed by atoms with Gasteiger partial charge in [-0.1, -0.05) is 17.7 Å². The van der Waals surface area contributed by atoms with Crippen molar-refractivity contribution < 1.29 is 8.78 Å². The second-order valence-corrected chi connectivity index (χ2v) is 6.29. The molecule has 2 aromatic carbocycles. The summed E-state index contributed by atoms with van der Waals surface area (Å²) in [6.07, 6.45) is 0. The largest absolute Gasteiger partial charge is 0.382 e. The van der Waals surface area contributed by atoms with Crippen molar-refractivity contribution in [2.45, 2.75) is 13.0 Å². The van der Waals surface area contributed by atoms with Crippen LogP contribution in [0.1, 0.15) is 18.1 Å². The van der Waals surface area contributed by atoms with Crippen LogP contribution in [-0.4, -0.2) is 18.3 Å². The van der Waals surface area contributed by atoms with E-state index < -0.39 is 11.6 Å². The average Bonchev–Trinajstić information content (AvgIpc) is 2.63. The van der Waals surface area contributed by atoms with E-state index in [0.717, 1.165) is 5.69 Å². The van der Waals surface area contributed by atoms with Crippen molar-refractivity contribution >= 4 is 38.9 Å². The Kier molecular flexibility index (Phi) is 4.19. The summed E-state index contributed by atoms with van der Waals surface area (Å²) < 4.78 is 29.0. The standard InChI is InChI=1S/C16H12BrClF2N2/c1-8-7-21-12-6-5-9(18)15(17)14(12)16(22-8)13-10(19)3-2-4-11(13)20/h2-6,8,21H,7H2,1H3/t8-/m0/s1.